The second-order valence-electron chi connectivity index (χ2n) is 7.22. The number of carbonyl (C=O) groups is 1. The zero-order valence-electron chi connectivity index (χ0n) is 17.1. The molecule has 0 aliphatic heterocycles. The summed E-state index contributed by atoms with van der Waals surface area (Å²) in [5.74, 6) is 0.736. The third-order valence-electron chi connectivity index (χ3n) is 3.63. The van der Waals surface area contributed by atoms with Gasteiger partial charge in [0.25, 0.3) is 0 Å². The maximum Gasteiger partial charge on any atom is 0.414 e. The molecule has 0 aliphatic rings. The van der Waals surface area contributed by atoms with Crippen molar-refractivity contribution in [3.8, 4) is 11.4 Å². The normalized spacial score (nSPS) is 11.5. The lowest BCUT2D eigenvalue weighted by Crippen LogP contribution is -2.27. The second kappa shape index (κ2) is 9.07. The van der Waals surface area contributed by atoms with E-state index in [4.69, 9.17) is 9.57 Å². The van der Waals surface area contributed by atoms with Crippen molar-refractivity contribution in [1.82, 2.24) is 30.2 Å². The number of benzene rings is 1. The highest BCUT2D eigenvalue weighted by molar-refractivity contribution is 5.88. The molecule has 0 saturated heterocycles. The van der Waals surface area contributed by atoms with Crippen LogP contribution in [0.2, 0.25) is 0 Å². The minimum Gasteiger partial charge on any atom is -0.444 e. The number of rotatable bonds is 6. The Morgan fingerprint density at radius 2 is 2.07 bits per heavy atom. The van der Waals surface area contributed by atoms with Gasteiger partial charge in [-0.3, -0.25) is 5.32 Å². The summed E-state index contributed by atoms with van der Waals surface area (Å²) in [6.45, 7) is 5.41. The first-order chi connectivity index (χ1) is 14.3. The number of anilines is 1. The van der Waals surface area contributed by atoms with Crippen molar-refractivity contribution in [1.29, 1.82) is 0 Å². The van der Waals surface area contributed by atoms with Crippen molar-refractivity contribution in [3.63, 3.8) is 0 Å². The van der Waals surface area contributed by atoms with E-state index in [-0.39, 0.29) is 12.6 Å². The predicted octanol–water partition coefficient (Wildman–Crippen LogP) is 2.56. The average Bonchev–Trinajstić information content (AvgIpc) is 3.10. The van der Waals surface area contributed by atoms with Crippen LogP contribution >= 0.6 is 0 Å². The summed E-state index contributed by atoms with van der Waals surface area (Å²) in [4.78, 5) is 25.4. The van der Waals surface area contributed by atoms with E-state index in [0.717, 1.165) is 11.1 Å². The summed E-state index contributed by atoms with van der Waals surface area (Å²) >= 11 is 0. The first kappa shape index (κ1) is 20.8. The number of amides is 1. The number of tetrazole rings is 1. The molecule has 30 heavy (non-hydrogen) atoms. The van der Waals surface area contributed by atoms with E-state index in [9.17, 15) is 4.79 Å². The molecule has 2 aromatic heterocycles. The van der Waals surface area contributed by atoms with Crippen molar-refractivity contribution in [2.45, 2.75) is 33.0 Å². The predicted molar refractivity (Wildman–Crippen MR) is 109 cm³/mol. The van der Waals surface area contributed by atoms with Crippen molar-refractivity contribution in [2.24, 2.45) is 12.2 Å². The van der Waals surface area contributed by atoms with Gasteiger partial charge in [-0.2, -0.15) is 0 Å². The van der Waals surface area contributed by atoms with E-state index in [1.54, 1.807) is 44.8 Å². The zero-order chi connectivity index (χ0) is 21.6. The van der Waals surface area contributed by atoms with Crippen molar-refractivity contribution < 1.29 is 14.4 Å². The first-order valence-corrected chi connectivity index (χ1v) is 9.11. The highest BCUT2D eigenvalue weighted by Gasteiger charge is 2.17. The van der Waals surface area contributed by atoms with Crippen LogP contribution in [0.25, 0.3) is 11.4 Å². The maximum absolute atomic E-state index is 11.8. The molecule has 3 aromatic rings. The second-order valence-corrected chi connectivity index (χ2v) is 7.22. The highest BCUT2D eigenvalue weighted by atomic mass is 16.6. The fraction of sp³-hybridized carbons (Fsp3) is 0.316. The molecule has 11 nitrogen and oxygen atoms in total. The van der Waals surface area contributed by atoms with Gasteiger partial charge in [0, 0.05) is 24.4 Å². The standard InChI is InChI=1S/C19H22N8O3/c1-19(2,3)30-18(28)23-17-20-10-9-14(22-17)12-29-21-11-13-7-5-6-8-15(13)16-24-25-26-27(16)4/h5-11H,12H2,1-4H3,(H,20,22,23,28). The Morgan fingerprint density at radius 3 is 2.80 bits per heavy atom. The largest absolute Gasteiger partial charge is 0.444 e. The topological polar surface area (TPSA) is 129 Å². The Morgan fingerprint density at radius 1 is 1.27 bits per heavy atom. The summed E-state index contributed by atoms with van der Waals surface area (Å²) in [7, 11) is 1.76. The number of aryl methyl sites for hydroxylation is 1. The minimum absolute atomic E-state index is 0.0930. The SMILES string of the molecule is Cn1nnnc1-c1ccccc1C=NOCc1ccnc(NC(=O)OC(C)(C)C)n1. The van der Waals surface area contributed by atoms with Gasteiger partial charge < -0.3 is 9.57 Å². The lowest BCUT2D eigenvalue weighted by molar-refractivity contribution is 0.0634. The van der Waals surface area contributed by atoms with E-state index < -0.39 is 11.7 Å². The molecule has 156 valence electrons. The van der Waals surface area contributed by atoms with Gasteiger partial charge in [0.1, 0.15) is 5.60 Å². The summed E-state index contributed by atoms with van der Waals surface area (Å²) in [6.07, 6.45) is 2.46. The fourth-order valence-corrected chi connectivity index (χ4v) is 2.40. The molecule has 0 aliphatic carbocycles. The molecule has 0 atom stereocenters. The monoisotopic (exact) mass is 410 g/mol. The number of nitrogens with one attached hydrogen (secondary N) is 1. The lowest BCUT2D eigenvalue weighted by atomic mass is 10.1. The molecule has 11 heteroatoms. The average molecular weight is 410 g/mol. The van der Waals surface area contributed by atoms with Gasteiger partial charge in [-0.15, -0.1) is 5.10 Å². The van der Waals surface area contributed by atoms with E-state index in [1.807, 2.05) is 24.3 Å². The Kier molecular flexibility index (Phi) is 6.30. The van der Waals surface area contributed by atoms with Crippen LogP contribution < -0.4 is 5.32 Å². The van der Waals surface area contributed by atoms with Crippen molar-refractivity contribution >= 4 is 18.3 Å². The molecule has 1 aromatic carbocycles. The number of hydrogen-bond donors (Lipinski definition) is 1. The van der Waals surface area contributed by atoms with E-state index >= 15 is 0 Å². The lowest BCUT2D eigenvalue weighted by Gasteiger charge is -2.19. The van der Waals surface area contributed by atoms with Crippen LogP contribution in [0.5, 0.6) is 0 Å². The smallest absolute Gasteiger partial charge is 0.414 e. The van der Waals surface area contributed by atoms with E-state index in [1.165, 1.54) is 6.20 Å². The van der Waals surface area contributed by atoms with Gasteiger partial charge in [0.05, 0.1) is 11.9 Å². The Hall–Kier alpha value is -3.89. The van der Waals surface area contributed by atoms with Gasteiger partial charge in [-0.05, 0) is 37.3 Å². The molecular weight excluding hydrogens is 388 g/mol. The van der Waals surface area contributed by atoms with Crippen LogP contribution in [0.15, 0.2) is 41.7 Å². The Bertz CT molecular complexity index is 1040. The van der Waals surface area contributed by atoms with Gasteiger partial charge in [-0.25, -0.2) is 19.4 Å². The molecule has 0 unspecified atom stereocenters. The minimum atomic E-state index is -0.631. The molecule has 1 amide bonds. The molecule has 1 N–H and O–H groups in total. The van der Waals surface area contributed by atoms with E-state index in [2.05, 4.69) is 36.0 Å². The number of hydrogen-bond acceptors (Lipinski definition) is 9. The summed E-state index contributed by atoms with van der Waals surface area (Å²) in [5.41, 5.74) is 1.55. The molecule has 0 saturated carbocycles. The third kappa shape index (κ3) is 5.80. The van der Waals surface area contributed by atoms with Gasteiger partial charge in [-0.1, -0.05) is 29.4 Å². The Labute approximate surface area is 173 Å². The maximum atomic E-state index is 11.8. The van der Waals surface area contributed by atoms with Crippen LogP contribution in [0.1, 0.15) is 32.0 Å². The molecule has 0 spiro atoms. The van der Waals surface area contributed by atoms with Crippen LogP contribution in [-0.4, -0.2) is 48.1 Å². The summed E-state index contributed by atoms with van der Waals surface area (Å²) in [5, 5.41) is 18.0. The van der Waals surface area contributed by atoms with Crippen LogP contribution in [-0.2, 0) is 23.2 Å². The molecule has 0 radical (unpaired) electrons. The first-order valence-electron chi connectivity index (χ1n) is 9.11. The zero-order valence-corrected chi connectivity index (χ0v) is 17.1. The molecule has 3 rings (SSSR count). The highest BCUT2D eigenvalue weighted by Crippen LogP contribution is 2.18. The number of ether oxygens (including phenoxy) is 1. The van der Waals surface area contributed by atoms with Crippen LogP contribution in [0.3, 0.4) is 0 Å². The van der Waals surface area contributed by atoms with Gasteiger partial charge in [0.15, 0.2) is 12.4 Å². The number of oxime groups is 1. The summed E-state index contributed by atoms with van der Waals surface area (Å²) < 4.78 is 6.76. The fourth-order valence-electron chi connectivity index (χ4n) is 2.40. The molecule has 0 bridgehead atoms. The van der Waals surface area contributed by atoms with Gasteiger partial charge >= 0.3 is 6.09 Å². The van der Waals surface area contributed by atoms with Crippen molar-refractivity contribution in [3.05, 3.63) is 47.8 Å². The van der Waals surface area contributed by atoms with Crippen LogP contribution in [0.4, 0.5) is 10.7 Å². The third-order valence-corrected chi connectivity index (χ3v) is 3.63. The van der Waals surface area contributed by atoms with Crippen molar-refractivity contribution in [2.75, 3.05) is 5.32 Å². The van der Waals surface area contributed by atoms with E-state index in [0.29, 0.717) is 11.5 Å². The molecule has 2 heterocycles. The van der Waals surface area contributed by atoms with Crippen LogP contribution in [0, 0.1) is 0 Å². The quantitative estimate of drug-likeness (QED) is 0.485. The Balaban J connectivity index is 1.61. The number of nitrogens with zero attached hydrogens (tertiary/aromatic N) is 7. The number of carbonyl (C=O) groups excluding carboxylic acids is 1. The molecular formula is C19H22N8O3. The summed E-state index contributed by atoms with van der Waals surface area (Å²) in [6, 6.07) is 9.21. The van der Waals surface area contributed by atoms with Gasteiger partial charge in [0.2, 0.25) is 5.95 Å². The molecule has 0 fully saturated rings. The number of aromatic nitrogens is 6.